The molecular formula is C9H16N2O4. The molecule has 1 fully saturated rings. The van der Waals surface area contributed by atoms with Gasteiger partial charge in [0.25, 0.3) is 0 Å². The molecule has 1 aliphatic heterocycles. The summed E-state index contributed by atoms with van der Waals surface area (Å²) in [6.45, 7) is 0.561. The zero-order chi connectivity index (χ0) is 11.3. The predicted molar refractivity (Wildman–Crippen MR) is 52.3 cm³/mol. The van der Waals surface area contributed by atoms with Crippen molar-refractivity contribution in [2.75, 3.05) is 13.1 Å². The van der Waals surface area contributed by atoms with Crippen LogP contribution in [0.2, 0.25) is 0 Å². The van der Waals surface area contributed by atoms with Crippen LogP contribution in [0.4, 0.5) is 0 Å². The molecule has 1 saturated heterocycles. The van der Waals surface area contributed by atoms with Crippen molar-refractivity contribution in [3.8, 4) is 0 Å². The number of amides is 1. The molecule has 1 heterocycles. The highest BCUT2D eigenvalue weighted by atomic mass is 16.4. The van der Waals surface area contributed by atoms with Gasteiger partial charge >= 0.3 is 5.97 Å². The SMILES string of the molecule is O=C(NC[C@H](O)C(=O)O)C1CCCCN1. The van der Waals surface area contributed by atoms with Crippen molar-refractivity contribution in [3.63, 3.8) is 0 Å². The number of carbonyl (C=O) groups excluding carboxylic acids is 1. The van der Waals surface area contributed by atoms with E-state index in [1.54, 1.807) is 0 Å². The Bertz CT molecular complexity index is 238. The van der Waals surface area contributed by atoms with Gasteiger partial charge in [0.05, 0.1) is 12.6 Å². The van der Waals surface area contributed by atoms with Gasteiger partial charge < -0.3 is 20.8 Å². The van der Waals surface area contributed by atoms with E-state index in [0.29, 0.717) is 0 Å². The molecule has 1 aliphatic rings. The predicted octanol–water partition coefficient (Wildman–Crippen LogP) is -1.31. The molecule has 0 radical (unpaired) electrons. The van der Waals surface area contributed by atoms with Crippen LogP contribution in [0.15, 0.2) is 0 Å². The van der Waals surface area contributed by atoms with Crippen molar-refractivity contribution in [2.45, 2.75) is 31.4 Å². The summed E-state index contributed by atoms with van der Waals surface area (Å²) in [6, 6.07) is -0.250. The molecule has 86 valence electrons. The smallest absolute Gasteiger partial charge is 0.334 e. The minimum absolute atomic E-state index is 0.241. The van der Waals surface area contributed by atoms with Crippen LogP contribution in [-0.2, 0) is 9.59 Å². The summed E-state index contributed by atoms with van der Waals surface area (Å²) in [5.41, 5.74) is 0. The second-order valence-corrected chi connectivity index (χ2v) is 3.60. The third-order valence-electron chi connectivity index (χ3n) is 2.38. The Kier molecular flexibility index (Phi) is 4.51. The first-order valence-corrected chi connectivity index (χ1v) is 5.03. The number of piperidine rings is 1. The summed E-state index contributed by atoms with van der Waals surface area (Å²) < 4.78 is 0. The number of carboxylic acids is 1. The van der Waals surface area contributed by atoms with Crippen molar-refractivity contribution in [2.24, 2.45) is 0 Å². The number of aliphatic carboxylic acids is 1. The molecule has 0 bridgehead atoms. The van der Waals surface area contributed by atoms with E-state index in [0.717, 1.165) is 25.8 Å². The van der Waals surface area contributed by atoms with Gasteiger partial charge in [0.2, 0.25) is 5.91 Å². The first-order chi connectivity index (χ1) is 7.11. The summed E-state index contributed by atoms with van der Waals surface area (Å²) in [7, 11) is 0. The van der Waals surface area contributed by atoms with Gasteiger partial charge in [-0.2, -0.15) is 0 Å². The van der Waals surface area contributed by atoms with Crippen molar-refractivity contribution < 1.29 is 19.8 Å². The molecule has 0 aromatic rings. The number of aliphatic hydroxyl groups is 1. The molecule has 4 N–H and O–H groups in total. The standard InChI is InChI=1S/C9H16N2O4/c12-7(9(14)15)5-11-8(13)6-3-1-2-4-10-6/h6-7,10,12H,1-5H2,(H,11,13)(H,14,15)/t6?,7-/m0/s1. The molecule has 6 heteroatoms. The van der Waals surface area contributed by atoms with Crippen LogP contribution in [-0.4, -0.2) is 47.3 Å². The Morgan fingerprint density at radius 3 is 2.73 bits per heavy atom. The quantitative estimate of drug-likeness (QED) is 0.467. The average molecular weight is 216 g/mol. The van der Waals surface area contributed by atoms with Gasteiger partial charge in [-0.25, -0.2) is 4.79 Å². The largest absolute Gasteiger partial charge is 0.479 e. The minimum atomic E-state index is -1.53. The number of hydrogen-bond acceptors (Lipinski definition) is 4. The van der Waals surface area contributed by atoms with Crippen molar-refractivity contribution >= 4 is 11.9 Å². The lowest BCUT2D eigenvalue weighted by Gasteiger charge is -2.22. The monoisotopic (exact) mass is 216 g/mol. The molecule has 15 heavy (non-hydrogen) atoms. The zero-order valence-electron chi connectivity index (χ0n) is 8.40. The Labute approximate surface area is 87.7 Å². The highest BCUT2D eigenvalue weighted by Gasteiger charge is 2.21. The van der Waals surface area contributed by atoms with Gasteiger partial charge in [-0.1, -0.05) is 6.42 Å². The summed E-state index contributed by atoms with van der Waals surface area (Å²) in [5.74, 6) is -1.57. The molecule has 0 aromatic heterocycles. The molecule has 1 rings (SSSR count). The van der Waals surface area contributed by atoms with E-state index in [9.17, 15) is 9.59 Å². The highest BCUT2D eigenvalue weighted by Crippen LogP contribution is 2.06. The number of carbonyl (C=O) groups is 2. The molecule has 0 aliphatic carbocycles. The van der Waals surface area contributed by atoms with Gasteiger partial charge in [0, 0.05) is 0 Å². The number of nitrogens with one attached hydrogen (secondary N) is 2. The molecule has 0 spiro atoms. The summed E-state index contributed by atoms with van der Waals surface area (Å²) >= 11 is 0. The van der Waals surface area contributed by atoms with Gasteiger partial charge in [0.1, 0.15) is 0 Å². The lowest BCUT2D eigenvalue weighted by molar-refractivity contribution is -0.146. The summed E-state index contributed by atoms with van der Waals surface area (Å²) in [4.78, 5) is 21.7. The normalized spacial score (nSPS) is 23.1. The Balaban J connectivity index is 2.25. The number of aliphatic hydroxyl groups excluding tert-OH is 1. The maximum atomic E-state index is 11.4. The van der Waals surface area contributed by atoms with E-state index >= 15 is 0 Å². The Hall–Kier alpha value is -1.14. The highest BCUT2D eigenvalue weighted by molar-refractivity contribution is 5.82. The maximum Gasteiger partial charge on any atom is 0.334 e. The average Bonchev–Trinajstić information content (AvgIpc) is 2.26. The van der Waals surface area contributed by atoms with Crippen LogP contribution < -0.4 is 10.6 Å². The molecule has 1 unspecified atom stereocenters. The topological polar surface area (TPSA) is 98.7 Å². The van der Waals surface area contributed by atoms with Gasteiger partial charge in [0.15, 0.2) is 6.10 Å². The maximum absolute atomic E-state index is 11.4. The number of hydrogen-bond donors (Lipinski definition) is 4. The second-order valence-electron chi connectivity index (χ2n) is 3.60. The molecule has 2 atom stereocenters. The van der Waals surface area contributed by atoms with Crippen LogP contribution in [0.5, 0.6) is 0 Å². The summed E-state index contributed by atoms with van der Waals surface area (Å²) in [5, 5.41) is 22.8. The molecule has 1 amide bonds. The van der Waals surface area contributed by atoms with Gasteiger partial charge in [-0.3, -0.25) is 4.79 Å². The fraction of sp³-hybridized carbons (Fsp3) is 0.778. The minimum Gasteiger partial charge on any atom is -0.479 e. The van der Waals surface area contributed by atoms with E-state index < -0.39 is 12.1 Å². The molecule has 0 aromatic carbocycles. The Morgan fingerprint density at radius 1 is 1.47 bits per heavy atom. The van der Waals surface area contributed by atoms with E-state index in [-0.39, 0.29) is 18.5 Å². The number of carboxylic acid groups (broad SMARTS) is 1. The van der Waals surface area contributed by atoms with E-state index in [2.05, 4.69) is 10.6 Å². The van der Waals surface area contributed by atoms with Crippen molar-refractivity contribution in [3.05, 3.63) is 0 Å². The fourth-order valence-corrected chi connectivity index (χ4v) is 1.48. The fourth-order valence-electron chi connectivity index (χ4n) is 1.48. The van der Waals surface area contributed by atoms with Crippen LogP contribution in [0.25, 0.3) is 0 Å². The third kappa shape index (κ3) is 3.85. The molecule has 6 nitrogen and oxygen atoms in total. The third-order valence-corrected chi connectivity index (χ3v) is 2.38. The van der Waals surface area contributed by atoms with Gasteiger partial charge in [-0.15, -0.1) is 0 Å². The Morgan fingerprint density at radius 2 is 2.20 bits per heavy atom. The lowest BCUT2D eigenvalue weighted by atomic mass is 10.0. The first kappa shape index (κ1) is 11.9. The van der Waals surface area contributed by atoms with Gasteiger partial charge in [-0.05, 0) is 19.4 Å². The van der Waals surface area contributed by atoms with Crippen LogP contribution in [0, 0.1) is 0 Å². The summed E-state index contributed by atoms with van der Waals surface area (Å²) in [6.07, 6.45) is 1.28. The van der Waals surface area contributed by atoms with Crippen LogP contribution >= 0.6 is 0 Å². The molecule has 0 saturated carbocycles. The van der Waals surface area contributed by atoms with Crippen LogP contribution in [0.1, 0.15) is 19.3 Å². The van der Waals surface area contributed by atoms with Crippen molar-refractivity contribution in [1.29, 1.82) is 0 Å². The molecular weight excluding hydrogens is 200 g/mol. The lowest BCUT2D eigenvalue weighted by Crippen LogP contribution is -2.49. The second kappa shape index (κ2) is 5.67. The van der Waals surface area contributed by atoms with E-state index in [4.69, 9.17) is 10.2 Å². The number of rotatable bonds is 4. The first-order valence-electron chi connectivity index (χ1n) is 5.03. The van der Waals surface area contributed by atoms with Crippen LogP contribution in [0.3, 0.4) is 0 Å². The van der Waals surface area contributed by atoms with Crippen molar-refractivity contribution in [1.82, 2.24) is 10.6 Å². The zero-order valence-corrected chi connectivity index (χ0v) is 8.40. The van der Waals surface area contributed by atoms with E-state index in [1.807, 2.05) is 0 Å². The van der Waals surface area contributed by atoms with E-state index in [1.165, 1.54) is 0 Å².